The van der Waals surface area contributed by atoms with Gasteiger partial charge >= 0.3 is 0 Å². The van der Waals surface area contributed by atoms with Gasteiger partial charge in [-0.05, 0) is 43.9 Å². The van der Waals surface area contributed by atoms with E-state index in [4.69, 9.17) is 14.5 Å². The summed E-state index contributed by atoms with van der Waals surface area (Å²) in [6.45, 7) is 7.79. The van der Waals surface area contributed by atoms with Crippen LogP contribution in [0.1, 0.15) is 51.0 Å². The van der Waals surface area contributed by atoms with E-state index in [1.54, 1.807) is 19.2 Å². The molecule has 6 heteroatoms. The number of likely N-dealkylation sites (tertiary alicyclic amines) is 1. The van der Waals surface area contributed by atoms with Crippen LogP contribution in [0.15, 0.2) is 29.3 Å². The summed E-state index contributed by atoms with van der Waals surface area (Å²) in [5, 5.41) is 3.49. The molecule has 30 heavy (non-hydrogen) atoms. The van der Waals surface area contributed by atoms with E-state index in [1.807, 2.05) is 12.1 Å². The predicted molar refractivity (Wildman–Crippen MR) is 120 cm³/mol. The van der Waals surface area contributed by atoms with Gasteiger partial charge in [0.1, 0.15) is 5.82 Å². The van der Waals surface area contributed by atoms with Crippen LogP contribution in [0, 0.1) is 11.7 Å². The highest BCUT2D eigenvalue weighted by molar-refractivity contribution is 5.80. The van der Waals surface area contributed by atoms with Crippen LogP contribution in [-0.2, 0) is 14.9 Å². The van der Waals surface area contributed by atoms with Crippen LogP contribution < -0.4 is 5.32 Å². The summed E-state index contributed by atoms with van der Waals surface area (Å²) in [4.78, 5) is 7.48. The Labute approximate surface area is 181 Å². The van der Waals surface area contributed by atoms with Crippen molar-refractivity contribution in [3.05, 3.63) is 35.6 Å². The molecule has 1 unspecified atom stereocenters. The fourth-order valence-electron chi connectivity index (χ4n) is 4.78. The molecule has 1 saturated heterocycles. The molecular formula is C24H38FN3O2. The summed E-state index contributed by atoms with van der Waals surface area (Å²) >= 11 is 0. The van der Waals surface area contributed by atoms with Crippen molar-refractivity contribution in [2.45, 2.75) is 50.9 Å². The molecule has 0 bridgehead atoms. The minimum absolute atomic E-state index is 0.0228. The first kappa shape index (κ1) is 23.0. The lowest BCUT2D eigenvalue weighted by molar-refractivity contribution is 0.0536. The third-order valence-corrected chi connectivity index (χ3v) is 6.50. The standard InChI is InChI=1S/C24H38FN3O2/c1-3-26-23(28-14-11-20(17-28)18-30-16-15-29-2)27-19-24(12-5-4-6-13-24)21-7-9-22(25)10-8-21/h7-10,20H,3-6,11-19H2,1-2H3,(H,26,27). The maximum atomic E-state index is 13.5. The van der Waals surface area contributed by atoms with Crippen LogP contribution >= 0.6 is 0 Å². The third kappa shape index (κ3) is 6.17. The smallest absolute Gasteiger partial charge is 0.193 e. The molecule has 1 saturated carbocycles. The van der Waals surface area contributed by atoms with Gasteiger partial charge in [0.15, 0.2) is 5.96 Å². The highest BCUT2D eigenvalue weighted by Gasteiger charge is 2.34. The van der Waals surface area contributed by atoms with Gasteiger partial charge in [-0.3, -0.25) is 4.99 Å². The SMILES string of the molecule is CCNC(=NCC1(c2ccc(F)cc2)CCCCC1)N1CCC(COCCOC)C1. The quantitative estimate of drug-likeness (QED) is 0.374. The second-order valence-corrected chi connectivity index (χ2v) is 8.69. The molecule has 1 atom stereocenters. The molecule has 1 aliphatic carbocycles. The molecule has 0 radical (unpaired) electrons. The van der Waals surface area contributed by atoms with Gasteiger partial charge in [0.2, 0.25) is 0 Å². The Morgan fingerprint density at radius 1 is 1.20 bits per heavy atom. The summed E-state index contributed by atoms with van der Waals surface area (Å²) < 4.78 is 24.3. The van der Waals surface area contributed by atoms with E-state index in [1.165, 1.54) is 24.8 Å². The van der Waals surface area contributed by atoms with Crippen LogP contribution in [0.5, 0.6) is 0 Å². The summed E-state index contributed by atoms with van der Waals surface area (Å²) in [5.74, 6) is 1.37. The lowest BCUT2D eigenvalue weighted by atomic mass is 9.69. The first-order valence-corrected chi connectivity index (χ1v) is 11.5. The largest absolute Gasteiger partial charge is 0.382 e. The van der Waals surface area contributed by atoms with Crippen molar-refractivity contribution in [3.63, 3.8) is 0 Å². The first-order chi connectivity index (χ1) is 14.7. The van der Waals surface area contributed by atoms with Crippen LogP contribution in [0.3, 0.4) is 0 Å². The molecule has 5 nitrogen and oxygen atoms in total. The molecule has 0 aromatic heterocycles. The van der Waals surface area contributed by atoms with Gasteiger partial charge in [0, 0.05) is 38.1 Å². The second kappa shape index (κ2) is 11.7. The van der Waals surface area contributed by atoms with E-state index >= 15 is 0 Å². The van der Waals surface area contributed by atoms with Crippen molar-refractivity contribution >= 4 is 5.96 Å². The molecule has 1 aromatic rings. The number of ether oxygens (including phenoxy) is 2. The normalized spacial score (nSPS) is 21.8. The Morgan fingerprint density at radius 2 is 1.97 bits per heavy atom. The molecule has 2 aliphatic rings. The minimum atomic E-state index is -0.169. The number of nitrogens with zero attached hydrogens (tertiary/aromatic N) is 2. The molecule has 1 N–H and O–H groups in total. The van der Waals surface area contributed by atoms with Crippen LogP contribution in [-0.4, -0.2) is 64.0 Å². The molecule has 0 amide bonds. The van der Waals surface area contributed by atoms with E-state index in [0.717, 1.165) is 58.0 Å². The second-order valence-electron chi connectivity index (χ2n) is 8.69. The zero-order chi connectivity index (χ0) is 21.2. The van der Waals surface area contributed by atoms with Crippen molar-refractivity contribution in [3.8, 4) is 0 Å². The Kier molecular flexibility index (Phi) is 8.94. The number of aliphatic imine (C=N–C) groups is 1. The number of hydrogen-bond donors (Lipinski definition) is 1. The minimum Gasteiger partial charge on any atom is -0.382 e. The zero-order valence-electron chi connectivity index (χ0n) is 18.7. The number of nitrogens with one attached hydrogen (secondary N) is 1. The molecule has 0 spiro atoms. The third-order valence-electron chi connectivity index (χ3n) is 6.50. The van der Waals surface area contributed by atoms with Crippen LogP contribution in [0.4, 0.5) is 4.39 Å². The Bertz CT molecular complexity index is 659. The number of methoxy groups -OCH3 is 1. The van der Waals surface area contributed by atoms with Crippen LogP contribution in [0.25, 0.3) is 0 Å². The lowest BCUT2D eigenvalue weighted by Crippen LogP contribution is -2.42. The zero-order valence-corrected chi connectivity index (χ0v) is 18.7. The summed E-state index contributed by atoms with van der Waals surface area (Å²) in [6, 6.07) is 7.11. The van der Waals surface area contributed by atoms with Gasteiger partial charge in [-0.2, -0.15) is 0 Å². The number of hydrogen-bond acceptors (Lipinski definition) is 3. The summed E-state index contributed by atoms with van der Waals surface area (Å²) in [7, 11) is 1.70. The average Bonchev–Trinajstić information content (AvgIpc) is 3.24. The van der Waals surface area contributed by atoms with Gasteiger partial charge in [0.05, 0.1) is 26.4 Å². The monoisotopic (exact) mass is 419 g/mol. The van der Waals surface area contributed by atoms with E-state index in [9.17, 15) is 4.39 Å². The van der Waals surface area contributed by atoms with E-state index in [0.29, 0.717) is 19.1 Å². The first-order valence-electron chi connectivity index (χ1n) is 11.5. The van der Waals surface area contributed by atoms with Gasteiger partial charge in [-0.25, -0.2) is 4.39 Å². The predicted octanol–water partition coefficient (Wildman–Crippen LogP) is 3.98. The van der Waals surface area contributed by atoms with Gasteiger partial charge < -0.3 is 19.7 Å². The maximum Gasteiger partial charge on any atom is 0.193 e. The Morgan fingerprint density at radius 3 is 2.67 bits per heavy atom. The fraction of sp³-hybridized carbons (Fsp3) is 0.708. The highest BCUT2D eigenvalue weighted by atomic mass is 19.1. The van der Waals surface area contributed by atoms with Gasteiger partial charge in [0.25, 0.3) is 0 Å². The fourth-order valence-corrected chi connectivity index (χ4v) is 4.78. The highest BCUT2D eigenvalue weighted by Crippen LogP contribution is 2.40. The number of rotatable bonds is 9. The molecule has 1 heterocycles. The van der Waals surface area contributed by atoms with Crippen molar-refractivity contribution in [2.24, 2.45) is 10.9 Å². The van der Waals surface area contributed by atoms with E-state index in [-0.39, 0.29) is 11.2 Å². The lowest BCUT2D eigenvalue weighted by Gasteiger charge is -2.37. The van der Waals surface area contributed by atoms with E-state index < -0.39 is 0 Å². The van der Waals surface area contributed by atoms with Gasteiger partial charge in [-0.15, -0.1) is 0 Å². The molecule has 3 rings (SSSR count). The number of guanidine groups is 1. The van der Waals surface area contributed by atoms with Crippen molar-refractivity contribution in [1.29, 1.82) is 0 Å². The van der Waals surface area contributed by atoms with Crippen molar-refractivity contribution in [1.82, 2.24) is 10.2 Å². The molecule has 1 aliphatic heterocycles. The average molecular weight is 420 g/mol. The summed E-state index contributed by atoms with van der Waals surface area (Å²) in [5.41, 5.74) is 1.25. The molecule has 168 valence electrons. The Hall–Kier alpha value is -1.66. The van der Waals surface area contributed by atoms with Gasteiger partial charge in [-0.1, -0.05) is 31.4 Å². The number of halogens is 1. The molecular weight excluding hydrogens is 381 g/mol. The molecule has 1 aromatic carbocycles. The molecule has 2 fully saturated rings. The van der Waals surface area contributed by atoms with Crippen molar-refractivity contribution in [2.75, 3.05) is 53.1 Å². The van der Waals surface area contributed by atoms with Crippen molar-refractivity contribution < 1.29 is 13.9 Å². The van der Waals surface area contributed by atoms with Crippen LogP contribution in [0.2, 0.25) is 0 Å². The maximum absolute atomic E-state index is 13.5. The summed E-state index contributed by atoms with van der Waals surface area (Å²) in [6.07, 6.45) is 7.08. The Balaban J connectivity index is 1.67. The number of benzene rings is 1. The van der Waals surface area contributed by atoms with E-state index in [2.05, 4.69) is 17.1 Å². The topological polar surface area (TPSA) is 46.1 Å².